The van der Waals surface area contributed by atoms with Crippen LogP contribution >= 0.6 is 0 Å². The number of H-pyrrole nitrogens is 1. The number of aryl methyl sites for hydroxylation is 1. The van der Waals surface area contributed by atoms with Crippen molar-refractivity contribution in [2.75, 3.05) is 6.61 Å². The van der Waals surface area contributed by atoms with Crippen LogP contribution in [0.5, 0.6) is 5.75 Å². The molecule has 0 atom stereocenters. The summed E-state index contributed by atoms with van der Waals surface area (Å²) in [5.41, 5.74) is 2.02. The maximum Gasteiger partial charge on any atom is 0.276 e. The highest BCUT2D eigenvalue weighted by molar-refractivity contribution is 5.38. The van der Waals surface area contributed by atoms with E-state index in [-0.39, 0.29) is 5.56 Å². The van der Waals surface area contributed by atoms with Gasteiger partial charge in [-0.3, -0.25) is 9.89 Å². The van der Waals surface area contributed by atoms with Crippen LogP contribution in [-0.2, 0) is 6.42 Å². The van der Waals surface area contributed by atoms with Gasteiger partial charge >= 0.3 is 0 Å². The first-order chi connectivity index (χ1) is 9.75. The lowest BCUT2D eigenvalue weighted by Crippen LogP contribution is -2.23. The fourth-order valence-electron chi connectivity index (χ4n) is 2.18. The Morgan fingerprint density at radius 1 is 1.25 bits per heavy atom. The summed E-state index contributed by atoms with van der Waals surface area (Å²) < 4.78 is 7.08. The van der Waals surface area contributed by atoms with Crippen molar-refractivity contribution in [1.82, 2.24) is 14.6 Å². The minimum absolute atomic E-state index is 0.0610. The van der Waals surface area contributed by atoms with Crippen molar-refractivity contribution in [3.63, 3.8) is 0 Å². The van der Waals surface area contributed by atoms with Crippen molar-refractivity contribution in [3.8, 4) is 5.75 Å². The van der Waals surface area contributed by atoms with Gasteiger partial charge in [0.2, 0.25) is 0 Å². The average molecular weight is 269 g/mol. The van der Waals surface area contributed by atoms with Crippen LogP contribution in [0.15, 0.2) is 47.4 Å². The van der Waals surface area contributed by atoms with Gasteiger partial charge in [-0.2, -0.15) is 0 Å². The molecule has 0 saturated heterocycles. The molecule has 1 N–H and O–H groups in total. The smallest absolute Gasteiger partial charge is 0.276 e. The summed E-state index contributed by atoms with van der Waals surface area (Å²) in [6.07, 6.45) is 2.24. The van der Waals surface area contributed by atoms with E-state index in [0.29, 0.717) is 24.2 Å². The summed E-state index contributed by atoms with van der Waals surface area (Å²) in [6, 6.07) is 11.3. The molecule has 3 aromatic rings. The Bertz CT molecular complexity index is 775. The SMILES string of the molecule is Cc1nc2cc[nH]n2c(=O)c1CCOc1ccccc1. The van der Waals surface area contributed by atoms with E-state index in [2.05, 4.69) is 10.1 Å². The molecule has 0 aliphatic rings. The lowest BCUT2D eigenvalue weighted by atomic mass is 10.2. The van der Waals surface area contributed by atoms with E-state index in [1.807, 2.05) is 37.3 Å². The van der Waals surface area contributed by atoms with E-state index in [9.17, 15) is 4.79 Å². The standard InChI is InChI=1S/C15H15N3O2/c1-11-13(8-10-20-12-5-3-2-4-6-12)15(19)18-14(17-11)7-9-16-18/h2-7,9,16H,8,10H2,1H3. The molecule has 0 radical (unpaired) electrons. The molecule has 5 nitrogen and oxygen atoms in total. The Hall–Kier alpha value is -2.56. The van der Waals surface area contributed by atoms with Gasteiger partial charge in [0.05, 0.1) is 6.61 Å². The minimum atomic E-state index is -0.0610. The number of aromatic nitrogens is 3. The Morgan fingerprint density at radius 3 is 2.85 bits per heavy atom. The Labute approximate surface area is 115 Å². The van der Waals surface area contributed by atoms with Crippen LogP contribution in [0.2, 0.25) is 0 Å². The zero-order valence-electron chi connectivity index (χ0n) is 11.2. The highest BCUT2D eigenvalue weighted by Crippen LogP contribution is 2.09. The first-order valence-electron chi connectivity index (χ1n) is 6.49. The molecule has 0 aliphatic carbocycles. The van der Waals surface area contributed by atoms with Crippen molar-refractivity contribution in [3.05, 3.63) is 64.2 Å². The van der Waals surface area contributed by atoms with Crippen molar-refractivity contribution in [1.29, 1.82) is 0 Å². The maximum absolute atomic E-state index is 12.3. The molecule has 3 rings (SSSR count). The largest absolute Gasteiger partial charge is 0.493 e. The van der Waals surface area contributed by atoms with Gasteiger partial charge in [0, 0.05) is 29.9 Å². The van der Waals surface area contributed by atoms with Gasteiger partial charge in [0.15, 0.2) is 5.65 Å². The molecule has 2 heterocycles. The van der Waals surface area contributed by atoms with E-state index in [1.54, 1.807) is 12.3 Å². The number of fused-ring (bicyclic) bond motifs is 1. The summed E-state index contributed by atoms with van der Waals surface area (Å²) in [5.74, 6) is 0.805. The van der Waals surface area contributed by atoms with E-state index in [1.165, 1.54) is 4.52 Å². The van der Waals surface area contributed by atoms with Crippen LogP contribution in [0.3, 0.4) is 0 Å². The van der Waals surface area contributed by atoms with E-state index >= 15 is 0 Å². The molecule has 0 saturated carbocycles. The molecule has 20 heavy (non-hydrogen) atoms. The Kier molecular flexibility index (Phi) is 3.25. The third-order valence-electron chi connectivity index (χ3n) is 3.21. The zero-order valence-corrected chi connectivity index (χ0v) is 11.2. The molecule has 5 heteroatoms. The van der Waals surface area contributed by atoms with Gasteiger partial charge in [-0.05, 0) is 19.1 Å². The van der Waals surface area contributed by atoms with Crippen LogP contribution < -0.4 is 10.3 Å². The Morgan fingerprint density at radius 2 is 2.05 bits per heavy atom. The molecule has 0 aliphatic heterocycles. The van der Waals surface area contributed by atoms with Crippen molar-refractivity contribution < 1.29 is 4.74 Å². The zero-order chi connectivity index (χ0) is 13.9. The lowest BCUT2D eigenvalue weighted by molar-refractivity contribution is 0.321. The number of ether oxygens (including phenoxy) is 1. The molecule has 102 valence electrons. The maximum atomic E-state index is 12.3. The monoisotopic (exact) mass is 269 g/mol. The number of benzene rings is 1. The van der Waals surface area contributed by atoms with Crippen LogP contribution in [0.4, 0.5) is 0 Å². The van der Waals surface area contributed by atoms with Gasteiger partial charge < -0.3 is 4.74 Å². The van der Waals surface area contributed by atoms with Crippen LogP contribution in [0.25, 0.3) is 5.65 Å². The van der Waals surface area contributed by atoms with E-state index in [0.717, 1.165) is 11.4 Å². The molecule has 0 fully saturated rings. The second-order valence-corrected chi connectivity index (χ2v) is 4.55. The van der Waals surface area contributed by atoms with Gasteiger partial charge in [0.25, 0.3) is 5.56 Å². The molecular weight excluding hydrogens is 254 g/mol. The number of nitrogens with one attached hydrogen (secondary N) is 1. The number of hydrogen-bond acceptors (Lipinski definition) is 3. The molecule has 0 unspecified atom stereocenters. The molecule has 0 spiro atoms. The lowest BCUT2D eigenvalue weighted by Gasteiger charge is -2.07. The highest BCUT2D eigenvalue weighted by atomic mass is 16.5. The quantitative estimate of drug-likeness (QED) is 0.787. The summed E-state index contributed by atoms with van der Waals surface area (Å²) in [7, 11) is 0. The van der Waals surface area contributed by atoms with Crippen LogP contribution in [0.1, 0.15) is 11.3 Å². The second-order valence-electron chi connectivity index (χ2n) is 4.55. The summed E-state index contributed by atoms with van der Waals surface area (Å²) in [5, 5.41) is 2.86. The minimum Gasteiger partial charge on any atom is -0.493 e. The highest BCUT2D eigenvalue weighted by Gasteiger charge is 2.10. The third kappa shape index (κ3) is 2.30. The van der Waals surface area contributed by atoms with E-state index < -0.39 is 0 Å². The fourth-order valence-corrected chi connectivity index (χ4v) is 2.18. The van der Waals surface area contributed by atoms with Crippen molar-refractivity contribution in [2.45, 2.75) is 13.3 Å². The fraction of sp³-hybridized carbons (Fsp3) is 0.200. The van der Waals surface area contributed by atoms with Crippen LogP contribution in [-0.4, -0.2) is 21.2 Å². The van der Waals surface area contributed by atoms with E-state index in [4.69, 9.17) is 4.74 Å². The molecule has 0 amide bonds. The van der Waals surface area contributed by atoms with Crippen molar-refractivity contribution >= 4 is 5.65 Å². The molecule has 0 bridgehead atoms. The molecule has 2 aromatic heterocycles. The molecule has 1 aromatic carbocycles. The first-order valence-corrected chi connectivity index (χ1v) is 6.49. The summed E-state index contributed by atoms with van der Waals surface area (Å²) in [6.45, 7) is 2.31. The number of nitrogens with zero attached hydrogens (tertiary/aromatic N) is 2. The summed E-state index contributed by atoms with van der Waals surface area (Å²) >= 11 is 0. The first kappa shape index (κ1) is 12.5. The molecular formula is C15H15N3O2. The van der Waals surface area contributed by atoms with Gasteiger partial charge in [0.1, 0.15) is 5.75 Å². The third-order valence-corrected chi connectivity index (χ3v) is 3.21. The average Bonchev–Trinajstić information content (AvgIpc) is 2.92. The topological polar surface area (TPSA) is 59.4 Å². The van der Waals surface area contributed by atoms with Gasteiger partial charge in [-0.15, -0.1) is 0 Å². The number of aromatic amines is 1. The van der Waals surface area contributed by atoms with Crippen molar-refractivity contribution in [2.24, 2.45) is 0 Å². The summed E-state index contributed by atoms with van der Waals surface area (Å²) in [4.78, 5) is 16.7. The van der Waals surface area contributed by atoms with Gasteiger partial charge in [-0.1, -0.05) is 18.2 Å². The number of rotatable bonds is 4. The van der Waals surface area contributed by atoms with Crippen LogP contribution in [0, 0.1) is 6.92 Å². The number of hydrogen-bond donors (Lipinski definition) is 1. The number of para-hydroxylation sites is 1. The predicted molar refractivity (Wildman–Crippen MR) is 76.2 cm³/mol. The Balaban J connectivity index is 1.79. The van der Waals surface area contributed by atoms with Gasteiger partial charge in [-0.25, -0.2) is 9.50 Å². The second kappa shape index (κ2) is 5.21. The predicted octanol–water partition coefficient (Wildman–Crippen LogP) is 1.95. The normalized spacial score (nSPS) is 10.8.